The van der Waals surface area contributed by atoms with Crippen LogP contribution in [-0.2, 0) is 18.4 Å². The van der Waals surface area contributed by atoms with Gasteiger partial charge in [0, 0.05) is 19.8 Å². The van der Waals surface area contributed by atoms with Crippen LogP contribution in [0.3, 0.4) is 0 Å². The van der Waals surface area contributed by atoms with Crippen molar-refractivity contribution >= 4 is 16.9 Å². The molecule has 2 aromatic heterocycles. The fraction of sp³-hybridized carbons (Fsp3) is 0.412. The minimum absolute atomic E-state index is 0.0472. The number of rotatable bonds is 3. The summed E-state index contributed by atoms with van der Waals surface area (Å²) in [5.41, 5.74) is 2.67. The second-order valence-corrected chi connectivity index (χ2v) is 6.33. The number of fused-ring (bicyclic) bond motifs is 1. The summed E-state index contributed by atoms with van der Waals surface area (Å²) in [7, 11) is 1.99. The van der Waals surface area contributed by atoms with Crippen molar-refractivity contribution in [3.63, 3.8) is 0 Å². The van der Waals surface area contributed by atoms with E-state index in [0.29, 0.717) is 0 Å². The summed E-state index contributed by atoms with van der Waals surface area (Å²) in [6.07, 6.45) is 3.95. The van der Waals surface area contributed by atoms with Gasteiger partial charge in [0.25, 0.3) is 0 Å². The number of imidazole rings is 1. The number of aromatic nitrogens is 5. The van der Waals surface area contributed by atoms with Gasteiger partial charge in [-0.25, -0.2) is 9.67 Å². The third-order valence-electron chi connectivity index (χ3n) is 4.61. The molecule has 3 heterocycles. The number of carbonyl (C=O) groups excluding carboxylic acids is 1. The van der Waals surface area contributed by atoms with Gasteiger partial charge >= 0.3 is 0 Å². The topological polar surface area (TPSA) is 68.8 Å². The van der Waals surface area contributed by atoms with Crippen molar-refractivity contribution in [2.24, 2.45) is 7.05 Å². The molecule has 7 heteroatoms. The first-order valence-electron chi connectivity index (χ1n) is 8.21. The maximum Gasteiger partial charge on any atom is 0.245 e. The van der Waals surface area contributed by atoms with Gasteiger partial charge in [0.1, 0.15) is 17.9 Å². The summed E-state index contributed by atoms with van der Waals surface area (Å²) >= 11 is 0. The summed E-state index contributed by atoms with van der Waals surface area (Å²) < 4.78 is 3.70. The van der Waals surface area contributed by atoms with E-state index < -0.39 is 0 Å². The number of likely N-dealkylation sites (tertiary alicyclic amines) is 1. The average Bonchev–Trinajstić information content (AvgIpc) is 3.26. The second kappa shape index (κ2) is 5.74. The van der Waals surface area contributed by atoms with E-state index in [9.17, 15) is 4.79 Å². The second-order valence-electron chi connectivity index (χ2n) is 6.33. The molecule has 1 saturated heterocycles. The SMILES string of the molecule is Cc1cn(C)c([C@H]2CCCN2C(=O)Cn2nnc3ccccc32)n1. The summed E-state index contributed by atoms with van der Waals surface area (Å²) in [5.74, 6) is 1.02. The molecule has 1 aliphatic heterocycles. The first-order valence-corrected chi connectivity index (χ1v) is 8.21. The molecule has 4 rings (SSSR count). The average molecular weight is 324 g/mol. The molecule has 3 aromatic rings. The van der Waals surface area contributed by atoms with Crippen LogP contribution < -0.4 is 0 Å². The highest BCUT2D eigenvalue weighted by molar-refractivity contribution is 5.80. The van der Waals surface area contributed by atoms with E-state index in [1.54, 1.807) is 4.68 Å². The van der Waals surface area contributed by atoms with Gasteiger partial charge in [-0.1, -0.05) is 17.3 Å². The van der Waals surface area contributed by atoms with Gasteiger partial charge in [0.05, 0.1) is 17.3 Å². The van der Waals surface area contributed by atoms with Crippen LogP contribution in [0.15, 0.2) is 30.5 Å². The summed E-state index contributed by atoms with van der Waals surface area (Å²) in [6, 6.07) is 7.74. The third kappa shape index (κ3) is 2.46. The lowest BCUT2D eigenvalue weighted by Crippen LogP contribution is -2.34. The van der Waals surface area contributed by atoms with E-state index in [4.69, 9.17) is 0 Å². The molecule has 7 nitrogen and oxygen atoms in total. The molecule has 124 valence electrons. The molecule has 1 aliphatic rings. The van der Waals surface area contributed by atoms with Gasteiger partial charge in [-0.3, -0.25) is 4.79 Å². The molecule has 0 unspecified atom stereocenters. The predicted octanol–water partition coefficient (Wildman–Crippen LogP) is 1.84. The Morgan fingerprint density at radius 1 is 1.33 bits per heavy atom. The van der Waals surface area contributed by atoms with E-state index in [0.717, 1.165) is 41.9 Å². The fourth-order valence-corrected chi connectivity index (χ4v) is 3.53. The zero-order valence-corrected chi connectivity index (χ0v) is 13.9. The Labute approximate surface area is 139 Å². The normalized spacial score (nSPS) is 17.8. The zero-order valence-electron chi connectivity index (χ0n) is 13.9. The Hall–Kier alpha value is -2.70. The lowest BCUT2D eigenvalue weighted by Gasteiger charge is -2.24. The first kappa shape index (κ1) is 14.9. The van der Waals surface area contributed by atoms with Gasteiger partial charge in [-0.15, -0.1) is 5.10 Å². The van der Waals surface area contributed by atoms with Gasteiger partial charge in [-0.05, 0) is 31.9 Å². The van der Waals surface area contributed by atoms with Crippen LogP contribution in [0.1, 0.15) is 30.4 Å². The number of hydrogen-bond donors (Lipinski definition) is 0. The fourth-order valence-electron chi connectivity index (χ4n) is 3.53. The van der Waals surface area contributed by atoms with Crippen molar-refractivity contribution in [2.45, 2.75) is 32.4 Å². The lowest BCUT2D eigenvalue weighted by atomic mass is 10.2. The highest BCUT2D eigenvalue weighted by Crippen LogP contribution is 2.31. The zero-order chi connectivity index (χ0) is 16.7. The van der Waals surface area contributed by atoms with Gasteiger partial charge in [0.2, 0.25) is 5.91 Å². The summed E-state index contributed by atoms with van der Waals surface area (Å²) in [4.78, 5) is 19.4. The highest BCUT2D eigenvalue weighted by atomic mass is 16.2. The number of carbonyl (C=O) groups is 1. The highest BCUT2D eigenvalue weighted by Gasteiger charge is 2.33. The molecule has 0 bridgehead atoms. The Morgan fingerprint density at radius 2 is 2.17 bits per heavy atom. The van der Waals surface area contributed by atoms with Crippen LogP contribution in [0.2, 0.25) is 0 Å². The van der Waals surface area contributed by atoms with E-state index in [-0.39, 0.29) is 18.5 Å². The molecule has 1 fully saturated rings. The lowest BCUT2D eigenvalue weighted by molar-refractivity contribution is -0.133. The first-order chi connectivity index (χ1) is 11.6. The van der Waals surface area contributed by atoms with Crippen molar-refractivity contribution in [3.8, 4) is 0 Å². The standard InChI is InChI=1S/C17H20N6O/c1-12-10-21(2)17(18-12)15-8-5-9-22(15)16(24)11-23-14-7-4-3-6-13(14)19-20-23/h3-4,6-7,10,15H,5,8-9,11H2,1-2H3/t15-/m1/s1. The largest absolute Gasteiger partial charge is 0.336 e. The number of nitrogens with zero attached hydrogens (tertiary/aromatic N) is 6. The molecular formula is C17H20N6O. The predicted molar refractivity (Wildman–Crippen MR) is 89.2 cm³/mol. The molecule has 0 saturated carbocycles. The van der Waals surface area contributed by atoms with Crippen LogP contribution in [-0.4, -0.2) is 41.9 Å². The van der Waals surface area contributed by atoms with E-state index in [1.165, 1.54) is 0 Å². The van der Waals surface area contributed by atoms with Crippen LogP contribution in [0.5, 0.6) is 0 Å². The molecule has 1 atom stereocenters. The van der Waals surface area contributed by atoms with Gasteiger partial charge < -0.3 is 9.47 Å². The number of aryl methyl sites for hydroxylation is 2. The van der Waals surface area contributed by atoms with Crippen LogP contribution in [0.4, 0.5) is 0 Å². The van der Waals surface area contributed by atoms with Crippen molar-refractivity contribution < 1.29 is 4.79 Å². The molecule has 0 spiro atoms. The minimum atomic E-state index is 0.0472. The molecule has 24 heavy (non-hydrogen) atoms. The number of para-hydroxylation sites is 1. The number of hydrogen-bond acceptors (Lipinski definition) is 4. The maximum atomic E-state index is 12.9. The van der Waals surface area contributed by atoms with Crippen molar-refractivity contribution in [3.05, 3.63) is 42.0 Å². The Kier molecular flexibility index (Phi) is 3.55. The van der Waals surface area contributed by atoms with Gasteiger partial charge in [-0.2, -0.15) is 0 Å². The van der Waals surface area contributed by atoms with Crippen LogP contribution >= 0.6 is 0 Å². The Morgan fingerprint density at radius 3 is 2.96 bits per heavy atom. The van der Waals surface area contributed by atoms with Crippen LogP contribution in [0, 0.1) is 6.92 Å². The van der Waals surface area contributed by atoms with Crippen molar-refractivity contribution in [1.82, 2.24) is 29.4 Å². The maximum absolute atomic E-state index is 12.9. The van der Waals surface area contributed by atoms with E-state index >= 15 is 0 Å². The Bertz CT molecular complexity index is 896. The molecule has 0 N–H and O–H groups in total. The molecular weight excluding hydrogens is 304 g/mol. The minimum Gasteiger partial charge on any atom is -0.336 e. The third-order valence-corrected chi connectivity index (χ3v) is 4.61. The molecule has 1 aromatic carbocycles. The smallest absolute Gasteiger partial charge is 0.245 e. The number of benzene rings is 1. The number of amides is 1. The molecule has 0 aliphatic carbocycles. The van der Waals surface area contributed by atoms with Crippen molar-refractivity contribution in [2.75, 3.05) is 6.54 Å². The van der Waals surface area contributed by atoms with Gasteiger partial charge in [0.15, 0.2) is 0 Å². The summed E-state index contributed by atoms with van der Waals surface area (Å²) in [6.45, 7) is 2.95. The van der Waals surface area contributed by atoms with Crippen LogP contribution in [0.25, 0.3) is 11.0 Å². The summed E-state index contributed by atoms with van der Waals surface area (Å²) in [5, 5.41) is 8.24. The monoisotopic (exact) mass is 324 g/mol. The van der Waals surface area contributed by atoms with E-state index in [1.807, 2.05) is 53.9 Å². The molecule has 1 amide bonds. The Balaban J connectivity index is 1.58. The quantitative estimate of drug-likeness (QED) is 0.737. The molecule has 0 radical (unpaired) electrons. The van der Waals surface area contributed by atoms with E-state index in [2.05, 4.69) is 15.3 Å². The van der Waals surface area contributed by atoms with Crippen molar-refractivity contribution in [1.29, 1.82) is 0 Å².